The van der Waals surface area contributed by atoms with Crippen molar-refractivity contribution < 1.29 is 4.74 Å². The molecule has 0 bridgehead atoms. The molecule has 0 saturated heterocycles. The number of nitrogens with two attached hydrogens (primary N) is 1. The summed E-state index contributed by atoms with van der Waals surface area (Å²) in [6, 6.07) is 7.86. The molecule has 0 atom stereocenters. The van der Waals surface area contributed by atoms with E-state index in [0.717, 1.165) is 22.0 Å². The molecule has 0 spiro atoms. The van der Waals surface area contributed by atoms with Crippen molar-refractivity contribution in [3.05, 3.63) is 45.9 Å². The molecule has 102 valence electrons. The van der Waals surface area contributed by atoms with Gasteiger partial charge in [-0.15, -0.1) is 11.3 Å². The first-order valence-corrected chi connectivity index (χ1v) is 7.23. The van der Waals surface area contributed by atoms with E-state index in [1.165, 1.54) is 0 Å². The van der Waals surface area contributed by atoms with Crippen molar-refractivity contribution in [1.29, 1.82) is 0 Å². The quantitative estimate of drug-likeness (QED) is 0.930. The van der Waals surface area contributed by atoms with Crippen LogP contribution >= 0.6 is 11.3 Å². The number of nitrogens with zero attached hydrogens (tertiary/aromatic N) is 1. The van der Waals surface area contributed by atoms with Gasteiger partial charge in [-0.05, 0) is 17.7 Å². The van der Waals surface area contributed by atoms with Crippen molar-refractivity contribution in [3.8, 4) is 5.75 Å². The van der Waals surface area contributed by atoms with Gasteiger partial charge in [-0.2, -0.15) is 0 Å². The van der Waals surface area contributed by atoms with Crippen LogP contribution in [0.1, 0.15) is 37.0 Å². The first-order chi connectivity index (χ1) is 8.99. The number of hydrogen-bond donors (Lipinski definition) is 1. The lowest BCUT2D eigenvalue weighted by Gasteiger charge is -2.14. The summed E-state index contributed by atoms with van der Waals surface area (Å²) in [6.07, 6.45) is 0. The van der Waals surface area contributed by atoms with Gasteiger partial charge in [0.1, 0.15) is 17.4 Å². The zero-order chi connectivity index (χ0) is 13.9. The van der Waals surface area contributed by atoms with E-state index in [2.05, 4.69) is 31.1 Å². The van der Waals surface area contributed by atoms with Gasteiger partial charge in [0.2, 0.25) is 0 Å². The van der Waals surface area contributed by atoms with E-state index in [1.807, 2.05) is 24.3 Å². The molecule has 0 saturated carbocycles. The van der Waals surface area contributed by atoms with Gasteiger partial charge >= 0.3 is 0 Å². The summed E-state index contributed by atoms with van der Waals surface area (Å²) in [4.78, 5) is 4.61. The predicted octanol–water partition coefficient (Wildman–Crippen LogP) is 3.48. The molecule has 4 heteroatoms. The van der Waals surface area contributed by atoms with Crippen molar-refractivity contribution in [2.45, 2.75) is 39.3 Å². The molecule has 1 aromatic heterocycles. The number of ether oxygens (including phenoxy) is 1. The van der Waals surface area contributed by atoms with Crippen LogP contribution in [0.3, 0.4) is 0 Å². The summed E-state index contributed by atoms with van der Waals surface area (Å²) in [5.74, 6) is 0.843. The van der Waals surface area contributed by atoms with Gasteiger partial charge in [-0.1, -0.05) is 32.9 Å². The SMILES string of the molecule is CC(C)(C)c1csc(COc2cccc(CN)c2)n1. The summed E-state index contributed by atoms with van der Waals surface area (Å²) in [6.45, 7) is 7.53. The minimum Gasteiger partial charge on any atom is -0.486 e. The van der Waals surface area contributed by atoms with E-state index in [0.29, 0.717) is 13.2 Å². The standard InChI is InChI=1S/C15H20N2OS/c1-15(2,3)13-10-19-14(17-13)9-18-12-6-4-5-11(7-12)8-16/h4-7,10H,8-9,16H2,1-3H3. The monoisotopic (exact) mass is 276 g/mol. The van der Waals surface area contributed by atoms with Crippen LogP contribution in [-0.4, -0.2) is 4.98 Å². The van der Waals surface area contributed by atoms with E-state index in [4.69, 9.17) is 10.5 Å². The Balaban J connectivity index is 2.00. The molecule has 1 aromatic carbocycles. The van der Waals surface area contributed by atoms with Gasteiger partial charge in [0.15, 0.2) is 0 Å². The molecular formula is C15H20N2OS. The maximum absolute atomic E-state index is 5.75. The number of hydrogen-bond acceptors (Lipinski definition) is 4. The Hall–Kier alpha value is -1.39. The van der Waals surface area contributed by atoms with Gasteiger partial charge in [0, 0.05) is 17.3 Å². The highest BCUT2D eigenvalue weighted by atomic mass is 32.1. The van der Waals surface area contributed by atoms with Crippen molar-refractivity contribution in [2.24, 2.45) is 5.73 Å². The lowest BCUT2D eigenvalue weighted by atomic mass is 9.93. The van der Waals surface area contributed by atoms with Gasteiger partial charge in [0.25, 0.3) is 0 Å². The van der Waals surface area contributed by atoms with E-state index in [9.17, 15) is 0 Å². The molecule has 0 fully saturated rings. The third kappa shape index (κ3) is 3.78. The summed E-state index contributed by atoms with van der Waals surface area (Å²) in [7, 11) is 0. The van der Waals surface area contributed by atoms with Crippen LogP contribution in [0.5, 0.6) is 5.75 Å². The highest BCUT2D eigenvalue weighted by Crippen LogP contribution is 2.24. The van der Waals surface area contributed by atoms with Gasteiger partial charge in [-0.3, -0.25) is 0 Å². The Bertz CT molecular complexity index is 543. The zero-order valence-electron chi connectivity index (χ0n) is 11.6. The fraction of sp³-hybridized carbons (Fsp3) is 0.400. The summed E-state index contributed by atoms with van der Waals surface area (Å²) in [5.41, 5.74) is 7.90. The first-order valence-electron chi connectivity index (χ1n) is 6.36. The second-order valence-corrected chi connectivity index (χ2v) is 6.46. The smallest absolute Gasteiger partial charge is 0.140 e. The maximum atomic E-state index is 5.75. The number of aromatic nitrogens is 1. The highest BCUT2D eigenvalue weighted by Gasteiger charge is 2.17. The van der Waals surface area contributed by atoms with Crippen molar-refractivity contribution in [1.82, 2.24) is 4.98 Å². The normalized spacial score (nSPS) is 11.6. The zero-order valence-corrected chi connectivity index (χ0v) is 12.5. The summed E-state index contributed by atoms with van der Waals surface area (Å²) in [5, 5.41) is 3.11. The number of thiazole rings is 1. The minimum absolute atomic E-state index is 0.0915. The first kappa shape index (κ1) is 14.0. The van der Waals surface area contributed by atoms with Crippen molar-refractivity contribution in [2.75, 3.05) is 0 Å². The molecule has 2 N–H and O–H groups in total. The highest BCUT2D eigenvalue weighted by molar-refractivity contribution is 7.09. The van der Waals surface area contributed by atoms with Crippen LogP contribution in [0.4, 0.5) is 0 Å². The van der Waals surface area contributed by atoms with Crippen LogP contribution in [-0.2, 0) is 18.6 Å². The molecule has 0 aliphatic rings. The summed E-state index contributed by atoms with van der Waals surface area (Å²) >= 11 is 1.64. The van der Waals surface area contributed by atoms with E-state index >= 15 is 0 Å². The third-order valence-electron chi connectivity index (χ3n) is 2.82. The number of rotatable bonds is 4. The third-order valence-corrected chi connectivity index (χ3v) is 3.64. The molecule has 0 radical (unpaired) electrons. The summed E-state index contributed by atoms with van der Waals surface area (Å²) < 4.78 is 5.75. The molecule has 0 aliphatic heterocycles. The molecule has 0 unspecified atom stereocenters. The predicted molar refractivity (Wildman–Crippen MR) is 79.5 cm³/mol. The topological polar surface area (TPSA) is 48.1 Å². The molecule has 0 amide bonds. The molecule has 1 heterocycles. The number of benzene rings is 1. The van der Waals surface area contributed by atoms with Gasteiger partial charge < -0.3 is 10.5 Å². The minimum atomic E-state index is 0.0915. The molecule has 0 aliphatic carbocycles. The van der Waals surface area contributed by atoms with Crippen molar-refractivity contribution >= 4 is 11.3 Å². The van der Waals surface area contributed by atoms with Crippen LogP contribution < -0.4 is 10.5 Å². The van der Waals surface area contributed by atoms with E-state index in [-0.39, 0.29) is 5.41 Å². The average Bonchev–Trinajstić information content (AvgIpc) is 2.85. The van der Waals surface area contributed by atoms with E-state index < -0.39 is 0 Å². The second-order valence-electron chi connectivity index (χ2n) is 5.52. The fourth-order valence-corrected chi connectivity index (χ4v) is 2.56. The van der Waals surface area contributed by atoms with Crippen LogP contribution in [0, 0.1) is 0 Å². The Morgan fingerprint density at radius 3 is 2.74 bits per heavy atom. The van der Waals surface area contributed by atoms with Crippen LogP contribution in [0.15, 0.2) is 29.6 Å². The lowest BCUT2D eigenvalue weighted by Crippen LogP contribution is -2.11. The van der Waals surface area contributed by atoms with Crippen LogP contribution in [0.25, 0.3) is 0 Å². The molecule has 2 aromatic rings. The Labute approximate surface area is 118 Å². The van der Waals surface area contributed by atoms with E-state index in [1.54, 1.807) is 11.3 Å². The van der Waals surface area contributed by atoms with Gasteiger partial charge in [0.05, 0.1) is 5.69 Å². The molecular weight excluding hydrogens is 256 g/mol. The molecule has 3 nitrogen and oxygen atoms in total. The fourth-order valence-electron chi connectivity index (χ4n) is 1.63. The van der Waals surface area contributed by atoms with Crippen LogP contribution in [0.2, 0.25) is 0 Å². The van der Waals surface area contributed by atoms with Gasteiger partial charge in [-0.25, -0.2) is 4.98 Å². The second kappa shape index (κ2) is 5.72. The Kier molecular flexibility index (Phi) is 4.22. The Morgan fingerprint density at radius 2 is 2.11 bits per heavy atom. The molecule has 2 rings (SSSR count). The van der Waals surface area contributed by atoms with Crippen molar-refractivity contribution in [3.63, 3.8) is 0 Å². The lowest BCUT2D eigenvalue weighted by molar-refractivity contribution is 0.304. The largest absolute Gasteiger partial charge is 0.486 e. The maximum Gasteiger partial charge on any atom is 0.140 e. The molecule has 19 heavy (non-hydrogen) atoms. The average molecular weight is 276 g/mol. The Morgan fingerprint density at radius 1 is 1.32 bits per heavy atom.